The highest BCUT2D eigenvalue weighted by atomic mass is 32.2. The molecular weight excluding hydrogens is 302 g/mol. The summed E-state index contributed by atoms with van der Waals surface area (Å²) in [7, 11) is -3.11. The fourth-order valence-electron chi connectivity index (χ4n) is 1.80. The van der Waals surface area contributed by atoms with E-state index < -0.39 is 15.8 Å². The summed E-state index contributed by atoms with van der Waals surface area (Å²) in [6, 6.07) is 14.4. The Bertz CT molecular complexity index is 816. The Balaban J connectivity index is 2.07. The van der Waals surface area contributed by atoms with Crippen molar-refractivity contribution in [3.63, 3.8) is 0 Å². The number of benzene rings is 2. The van der Waals surface area contributed by atoms with Gasteiger partial charge in [-0.3, -0.25) is 0 Å². The number of ether oxygens (including phenoxy) is 1. The predicted octanol–water partition coefficient (Wildman–Crippen LogP) is 2.32. The largest absolute Gasteiger partial charge is 0.423 e. The van der Waals surface area contributed by atoms with Gasteiger partial charge in [-0.25, -0.2) is 13.2 Å². The number of carbonyl (C=O) groups excluding carboxylic acids is 1. The molecule has 0 fully saturated rings. The van der Waals surface area contributed by atoms with E-state index in [2.05, 4.69) is 0 Å². The van der Waals surface area contributed by atoms with Gasteiger partial charge in [-0.1, -0.05) is 12.1 Å². The number of hydrogen-bond donors (Lipinski definition) is 0. The molecule has 0 atom stereocenters. The van der Waals surface area contributed by atoms with Crippen molar-refractivity contribution in [2.24, 2.45) is 0 Å². The van der Waals surface area contributed by atoms with Gasteiger partial charge < -0.3 is 4.74 Å². The van der Waals surface area contributed by atoms with Crippen molar-refractivity contribution in [3.8, 4) is 11.8 Å². The highest BCUT2D eigenvalue weighted by molar-refractivity contribution is 7.89. The van der Waals surface area contributed by atoms with Crippen molar-refractivity contribution in [2.75, 3.05) is 6.26 Å². The molecule has 6 heteroatoms. The first-order valence-electron chi connectivity index (χ1n) is 6.36. The number of carbonyl (C=O) groups is 1. The molecule has 2 aromatic carbocycles. The predicted molar refractivity (Wildman–Crippen MR) is 81.1 cm³/mol. The van der Waals surface area contributed by atoms with Crippen LogP contribution in [0.5, 0.6) is 5.75 Å². The summed E-state index contributed by atoms with van der Waals surface area (Å²) in [6.07, 6.45) is 1.15. The summed E-state index contributed by atoms with van der Waals surface area (Å²) >= 11 is 0. The smallest absolute Gasteiger partial charge is 0.343 e. The first-order chi connectivity index (χ1) is 10.4. The summed E-state index contributed by atoms with van der Waals surface area (Å²) in [5, 5.41) is 8.69. The lowest BCUT2D eigenvalue weighted by Gasteiger charge is -2.05. The molecule has 0 radical (unpaired) electrons. The molecule has 2 rings (SSSR count). The Hall–Kier alpha value is -2.65. The van der Waals surface area contributed by atoms with Crippen LogP contribution >= 0.6 is 0 Å². The maximum absolute atomic E-state index is 12.0. The van der Waals surface area contributed by atoms with E-state index in [-0.39, 0.29) is 5.75 Å². The summed E-state index contributed by atoms with van der Waals surface area (Å²) < 4.78 is 27.6. The van der Waals surface area contributed by atoms with Crippen molar-refractivity contribution in [1.29, 1.82) is 5.26 Å². The second kappa shape index (κ2) is 6.41. The lowest BCUT2D eigenvalue weighted by molar-refractivity contribution is 0.0734. The minimum absolute atomic E-state index is 0.0715. The zero-order valence-electron chi connectivity index (χ0n) is 11.8. The standard InChI is InChI=1S/C16H13NO4S/c1-22(19,20)11-13-2-6-14(7-3-13)16(18)21-15-8-4-12(10-17)5-9-15/h2-9H,11H2,1H3. The van der Waals surface area contributed by atoms with E-state index in [0.29, 0.717) is 22.4 Å². The van der Waals surface area contributed by atoms with E-state index in [1.54, 1.807) is 24.3 Å². The quantitative estimate of drug-likeness (QED) is 0.638. The van der Waals surface area contributed by atoms with Gasteiger partial charge in [0.2, 0.25) is 0 Å². The van der Waals surface area contributed by atoms with E-state index in [1.165, 1.54) is 24.3 Å². The van der Waals surface area contributed by atoms with E-state index in [0.717, 1.165) is 6.26 Å². The van der Waals surface area contributed by atoms with Crippen LogP contribution in [0.2, 0.25) is 0 Å². The number of sulfone groups is 1. The van der Waals surface area contributed by atoms with E-state index in [4.69, 9.17) is 10.00 Å². The molecular formula is C16H13NO4S. The summed E-state index contributed by atoms with van der Waals surface area (Å²) in [5.41, 5.74) is 1.41. The van der Waals surface area contributed by atoms with Gasteiger partial charge in [-0.2, -0.15) is 5.26 Å². The number of hydrogen-bond acceptors (Lipinski definition) is 5. The monoisotopic (exact) mass is 315 g/mol. The van der Waals surface area contributed by atoms with Crippen molar-refractivity contribution in [3.05, 3.63) is 65.2 Å². The minimum Gasteiger partial charge on any atom is -0.423 e. The van der Waals surface area contributed by atoms with Gasteiger partial charge in [0, 0.05) is 6.26 Å². The summed E-state index contributed by atoms with van der Waals surface area (Å²) in [5.74, 6) is -0.280. The highest BCUT2D eigenvalue weighted by Crippen LogP contribution is 2.15. The molecule has 0 heterocycles. The third kappa shape index (κ3) is 4.43. The fourth-order valence-corrected chi connectivity index (χ4v) is 2.60. The van der Waals surface area contributed by atoms with Crippen molar-refractivity contribution in [1.82, 2.24) is 0 Å². The Morgan fingerprint density at radius 2 is 1.68 bits per heavy atom. The fraction of sp³-hybridized carbons (Fsp3) is 0.125. The third-order valence-electron chi connectivity index (χ3n) is 2.81. The second-order valence-electron chi connectivity index (χ2n) is 4.79. The molecule has 0 aliphatic rings. The van der Waals surface area contributed by atoms with Crippen LogP contribution in [-0.4, -0.2) is 20.6 Å². The maximum Gasteiger partial charge on any atom is 0.343 e. The van der Waals surface area contributed by atoms with Crippen LogP contribution in [0.25, 0.3) is 0 Å². The molecule has 0 bridgehead atoms. The SMILES string of the molecule is CS(=O)(=O)Cc1ccc(C(=O)Oc2ccc(C#N)cc2)cc1. The Morgan fingerprint density at radius 3 is 2.18 bits per heavy atom. The molecule has 0 saturated heterocycles. The molecule has 0 N–H and O–H groups in total. The van der Waals surface area contributed by atoms with Crippen LogP contribution < -0.4 is 4.74 Å². The molecule has 0 aliphatic heterocycles. The van der Waals surface area contributed by atoms with Crippen molar-refractivity contribution in [2.45, 2.75) is 5.75 Å². The van der Waals surface area contributed by atoms with Crippen LogP contribution in [0.4, 0.5) is 0 Å². The molecule has 5 nitrogen and oxygen atoms in total. The average molecular weight is 315 g/mol. The van der Waals surface area contributed by atoms with Gasteiger partial charge >= 0.3 is 5.97 Å². The third-order valence-corrected chi connectivity index (χ3v) is 3.67. The van der Waals surface area contributed by atoms with Gasteiger partial charge in [0.25, 0.3) is 0 Å². The molecule has 22 heavy (non-hydrogen) atoms. The van der Waals surface area contributed by atoms with Crippen LogP contribution in [0.1, 0.15) is 21.5 Å². The molecule has 112 valence electrons. The molecule has 0 spiro atoms. The van der Waals surface area contributed by atoms with Crippen molar-refractivity contribution < 1.29 is 17.9 Å². The van der Waals surface area contributed by atoms with Gasteiger partial charge in [0.05, 0.1) is 22.9 Å². The van der Waals surface area contributed by atoms with Gasteiger partial charge in [0.15, 0.2) is 9.84 Å². The first-order valence-corrected chi connectivity index (χ1v) is 8.42. The summed E-state index contributed by atoms with van der Waals surface area (Å²) in [4.78, 5) is 12.0. The van der Waals surface area contributed by atoms with Gasteiger partial charge in [-0.15, -0.1) is 0 Å². The van der Waals surface area contributed by atoms with E-state index in [9.17, 15) is 13.2 Å². The number of nitrogens with zero attached hydrogens (tertiary/aromatic N) is 1. The average Bonchev–Trinajstić information content (AvgIpc) is 2.47. The zero-order chi connectivity index (χ0) is 16.2. The second-order valence-corrected chi connectivity index (χ2v) is 6.93. The molecule has 0 unspecified atom stereocenters. The Morgan fingerprint density at radius 1 is 1.09 bits per heavy atom. The van der Waals surface area contributed by atoms with Crippen LogP contribution in [0.15, 0.2) is 48.5 Å². The van der Waals surface area contributed by atoms with Crippen molar-refractivity contribution >= 4 is 15.8 Å². The number of rotatable bonds is 4. The first kappa shape index (κ1) is 15.7. The number of esters is 1. The summed E-state index contributed by atoms with van der Waals surface area (Å²) in [6.45, 7) is 0. The lowest BCUT2D eigenvalue weighted by Crippen LogP contribution is -2.09. The minimum atomic E-state index is -3.11. The molecule has 0 amide bonds. The topological polar surface area (TPSA) is 84.2 Å². The molecule has 0 saturated carbocycles. The lowest BCUT2D eigenvalue weighted by atomic mass is 10.1. The van der Waals surface area contributed by atoms with E-state index >= 15 is 0 Å². The van der Waals surface area contributed by atoms with Crippen LogP contribution in [0, 0.1) is 11.3 Å². The normalized spacial score (nSPS) is 10.7. The van der Waals surface area contributed by atoms with Crippen LogP contribution in [-0.2, 0) is 15.6 Å². The number of nitriles is 1. The molecule has 2 aromatic rings. The zero-order valence-corrected chi connectivity index (χ0v) is 12.6. The molecule has 0 aliphatic carbocycles. The van der Waals surface area contributed by atoms with E-state index in [1.807, 2.05) is 6.07 Å². The Labute approximate surface area is 128 Å². The maximum atomic E-state index is 12.0. The van der Waals surface area contributed by atoms with Crippen LogP contribution in [0.3, 0.4) is 0 Å². The van der Waals surface area contributed by atoms with Gasteiger partial charge in [0.1, 0.15) is 5.75 Å². The van der Waals surface area contributed by atoms with Gasteiger partial charge in [-0.05, 0) is 42.0 Å². The Kier molecular flexibility index (Phi) is 4.59. The highest BCUT2D eigenvalue weighted by Gasteiger charge is 2.10. The molecule has 0 aromatic heterocycles.